The maximum absolute atomic E-state index is 12.2. The van der Waals surface area contributed by atoms with Gasteiger partial charge in [0.25, 0.3) is 5.56 Å². The van der Waals surface area contributed by atoms with E-state index in [4.69, 9.17) is 4.74 Å². The molecule has 6 nitrogen and oxygen atoms in total. The Kier molecular flexibility index (Phi) is 3.52. The summed E-state index contributed by atoms with van der Waals surface area (Å²) in [6.45, 7) is 4.86. The summed E-state index contributed by atoms with van der Waals surface area (Å²) in [5, 5.41) is 0. The SMILES string of the molecule is O=c1c2ncccc2ncn1CCN1CCOCC1. The van der Waals surface area contributed by atoms with Gasteiger partial charge in [-0.3, -0.25) is 14.3 Å². The Balaban J connectivity index is 1.77. The molecule has 0 atom stereocenters. The van der Waals surface area contributed by atoms with Crippen molar-refractivity contribution in [3.8, 4) is 0 Å². The van der Waals surface area contributed by atoms with Crippen LogP contribution in [0.5, 0.6) is 0 Å². The zero-order valence-corrected chi connectivity index (χ0v) is 10.7. The van der Waals surface area contributed by atoms with E-state index in [0.717, 1.165) is 32.8 Å². The summed E-state index contributed by atoms with van der Waals surface area (Å²) in [6.07, 6.45) is 3.23. The molecule has 2 aromatic heterocycles. The molecule has 2 aromatic rings. The minimum atomic E-state index is -0.0705. The van der Waals surface area contributed by atoms with Crippen molar-refractivity contribution in [3.63, 3.8) is 0 Å². The molecule has 1 aliphatic heterocycles. The smallest absolute Gasteiger partial charge is 0.279 e. The molecule has 1 saturated heterocycles. The molecule has 100 valence electrons. The molecule has 1 aliphatic rings. The first-order valence-electron chi connectivity index (χ1n) is 6.45. The van der Waals surface area contributed by atoms with E-state index in [1.54, 1.807) is 29.2 Å². The molecule has 0 spiro atoms. The van der Waals surface area contributed by atoms with Crippen molar-refractivity contribution in [2.75, 3.05) is 32.8 Å². The Morgan fingerprint density at radius 3 is 2.89 bits per heavy atom. The van der Waals surface area contributed by atoms with Crippen molar-refractivity contribution in [2.24, 2.45) is 0 Å². The number of rotatable bonds is 3. The van der Waals surface area contributed by atoms with E-state index in [0.29, 0.717) is 17.6 Å². The minimum absolute atomic E-state index is 0.0705. The number of aromatic nitrogens is 3. The summed E-state index contributed by atoms with van der Waals surface area (Å²) in [4.78, 5) is 22.9. The standard InChI is InChI=1S/C13H16N4O2/c18-13-12-11(2-1-3-14-12)15-10-17(13)5-4-16-6-8-19-9-7-16/h1-3,10H,4-9H2. The number of hydrogen-bond donors (Lipinski definition) is 0. The lowest BCUT2D eigenvalue weighted by Gasteiger charge is -2.26. The van der Waals surface area contributed by atoms with Crippen LogP contribution in [0.3, 0.4) is 0 Å². The zero-order chi connectivity index (χ0) is 13.1. The predicted octanol–water partition coefficient (Wildman–Crippen LogP) is 0.124. The maximum Gasteiger partial charge on any atom is 0.279 e. The molecule has 0 aliphatic carbocycles. The molecule has 3 rings (SSSR count). The first kappa shape index (κ1) is 12.3. The second kappa shape index (κ2) is 5.46. The van der Waals surface area contributed by atoms with Crippen LogP contribution in [0.15, 0.2) is 29.5 Å². The second-order valence-corrected chi connectivity index (χ2v) is 4.57. The van der Waals surface area contributed by atoms with Gasteiger partial charge in [-0.15, -0.1) is 0 Å². The van der Waals surface area contributed by atoms with Crippen LogP contribution in [0.4, 0.5) is 0 Å². The number of fused-ring (bicyclic) bond motifs is 1. The first-order chi connectivity index (χ1) is 9.34. The van der Waals surface area contributed by atoms with Gasteiger partial charge in [0, 0.05) is 32.4 Å². The van der Waals surface area contributed by atoms with Gasteiger partial charge < -0.3 is 4.74 Å². The van der Waals surface area contributed by atoms with E-state index < -0.39 is 0 Å². The average molecular weight is 260 g/mol. The number of ether oxygens (including phenoxy) is 1. The van der Waals surface area contributed by atoms with Gasteiger partial charge in [-0.2, -0.15) is 0 Å². The Bertz CT molecular complexity index is 619. The van der Waals surface area contributed by atoms with Crippen LogP contribution in [-0.2, 0) is 11.3 Å². The third-order valence-electron chi connectivity index (χ3n) is 3.35. The van der Waals surface area contributed by atoms with Gasteiger partial charge in [-0.25, -0.2) is 9.97 Å². The molecule has 0 unspecified atom stereocenters. The molecule has 1 fully saturated rings. The van der Waals surface area contributed by atoms with Gasteiger partial charge in [0.2, 0.25) is 0 Å². The lowest BCUT2D eigenvalue weighted by Crippen LogP contribution is -2.39. The molecule has 0 N–H and O–H groups in total. The Labute approximate surface area is 110 Å². The van der Waals surface area contributed by atoms with Crippen molar-refractivity contribution < 1.29 is 4.74 Å². The summed E-state index contributed by atoms with van der Waals surface area (Å²) in [6, 6.07) is 3.59. The van der Waals surface area contributed by atoms with Crippen molar-refractivity contribution in [1.82, 2.24) is 19.4 Å². The molecular formula is C13H16N4O2. The molecular weight excluding hydrogens is 244 g/mol. The number of hydrogen-bond acceptors (Lipinski definition) is 5. The zero-order valence-electron chi connectivity index (χ0n) is 10.7. The Morgan fingerprint density at radius 2 is 2.05 bits per heavy atom. The summed E-state index contributed by atoms with van der Waals surface area (Å²) in [5.74, 6) is 0. The summed E-state index contributed by atoms with van der Waals surface area (Å²) < 4.78 is 6.93. The third-order valence-corrected chi connectivity index (χ3v) is 3.35. The number of morpholine rings is 1. The van der Waals surface area contributed by atoms with E-state index in [1.807, 2.05) is 0 Å². The fraction of sp³-hybridized carbons (Fsp3) is 0.462. The largest absolute Gasteiger partial charge is 0.379 e. The monoisotopic (exact) mass is 260 g/mol. The molecule has 0 amide bonds. The van der Waals surface area contributed by atoms with Crippen molar-refractivity contribution in [1.29, 1.82) is 0 Å². The minimum Gasteiger partial charge on any atom is -0.379 e. The van der Waals surface area contributed by atoms with Crippen LogP contribution < -0.4 is 5.56 Å². The van der Waals surface area contributed by atoms with Gasteiger partial charge in [0.15, 0.2) is 5.52 Å². The highest BCUT2D eigenvalue weighted by molar-refractivity contribution is 5.71. The molecule has 19 heavy (non-hydrogen) atoms. The van der Waals surface area contributed by atoms with Gasteiger partial charge in [0.1, 0.15) is 0 Å². The van der Waals surface area contributed by atoms with Crippen LogP contribution >= 0.6 is 0 Å². The lowest BCUT2D eigenvalue weighted by atomic mass is 10.3. The maximum atomic E-state index is 12.2. The van der Waals surface area contributed by atoms with Crippen LogP contribution in [-0.4, -0.2) is 52.3 Å². The molecule has 6 heteroatoms. The van der Waals surface area contributed by atoms with Crippen LogP contribution in [0.2, 0.25) is 0 Å². The fourth-order valence-electron chi connectivity index (χ4n) is 2.22. The summed E-state index contributed by atoms with van der Waals surface area (Å²) >= 11 is 0. The van der Waals surface area contributed by atoms with Crippen LogP contribution in [0.1, 0.15) is 0 Å². The fourth-order valence-corrected chi connectivity index (χ4v) is 2.22. The Hall–Kier alpha value is -1.79. The van der Waals surface area contributed by atoms with Gasteiger partial charge >= 0.3 is 0 Å². The second-order valence-electron chi connectivity index (χ2n) is 4.57. The van der Waals surface area contributed by atoms with Crippen LogP contribution in [0, 0.1) is 0 Å². The highest BCUT2D eigenvalue weighted by atomic mass is 16.5. The van der Waals surface area contributed by atoms with Crippen molar-refractivity contribution >= 4 is 11.0 Å². The quantitative estimate of drug-likeness (QED) is 0.784. The van der Waals surface area contributed by atoms with Crippen molar-refractivity contribution in [2.45, 2.75) is 6.54 Å². The first-order valence-corrected chi connectivity index (χ1v) is 6.45. The Morgan fingerprint density at radius 1 is 1.21 bits per heavy atom. The van der Waals surface area contributed by atoms with E-state index in [9.17, 15) is 4.79 Å². The third kappa shape index (κ3) is 2.64. The molecule has 0 radical (unpaired) electrons. The molecule has 0 bridgehead atoms. The highest BCUT2D eigenvalue weighted by Gasteiger charge is 2.11. The lowest BCUT2D eigenvalue weighted by molar-refractivity contribution is 0.0362. The van der Waals surface area contributed by atoms with E-state index in [1.165, 1.54) is 0 Å². The van der Waals surface area contributed by atoms with Gasteiger partial charge in [-0.05, 0) is 12.1 Å². The van der Waals surface area contributed by atoms with E-state index in [2.05, 4.69) is 14.9 Å². The topological polar surface area (TPSA) is 60.2 Å². The predicted molar refractivity (Wildman–Crippen MR) is 71.1 cm³/mol. The normalized spacial score (nSPS) is 16.8. The van der Waals surface area contributed by atoms with E-state index >= 15 is 0 Å². The van der Waals surface area contributed by atoms with Crippen LogP contribution in [0.25, 0.3) is 11.0 Å². The molecule has 3 heterocycles. The molecule has 0 aromatic carbocycles. The van der Waals surface area contributed by atoms with Crippen molar-refractivity contribution in [3.05, 3.63) is 35.0 Å². The summed E-state index contributed by atoms with van der Waals surface area (Å²) in [7, 11) is 0. The summed E-state index contributed by atoms with van der Waals surface area (Å²) in [5.41, 5.74) is 1.01. The van der Waals surface area contributed by atoms with Gasteiger partial charge in [-0.1, -0.05) is 0 Å². The highest BCUT2D eigenvalue weighted by Crippen LogP contribution is 2.02. The molecule has 0 saturated carbocycles. The average Bonchev–Trinajstić information content (AvgIpc) is 2.48. The van der Waals surface area contributed by atoms with Gasteiger partial charge in [0.05, 0.1) is 25.1 Å². The van der Waals surface area contributed by atoms with E-state index in [-0.39, 0.29) is 5.56 Å². The number of pyridine rings is 1. The number of nitrogens with zero attached hydrogens (tertiary/aromatic N) is 4.